The van der Waals surface area contributed by atoms with Gasteiger partial charge in [-0.05, 0) is 40.5 Å². The van der Waals surface area contributed by atoms with Crippen LogP contribution >= 0.6 is 27.7 Å². The quantitative estimate of drug-likeness (QED) is 0.899. The number of ether oxygens (including phenoxy) is 1. The Balaban J connectivity index is 2.00. The summed E-state index contributed by atoms with van der Waals surface area (Å²) in [5.41, 5.74) is 1.24. The molecule has 1 aliphatic rings. The zero-order chi connectivity index (χ0) is 12.8. The predicted octanol–water partition coefficient (Wildman–Crippen LogP) is 2.50. The molecule has 1 aliphatic heterocycles. The van der Waals surface area contributed by atoms with Crippen LogP contribution in [0, 0.1) is 0 Å². The summed E-state index contributed by atoms with van der Waals surface area (Å²) in [7, 11) is 0. The molecule has 0 amide bonds. The topological polar surface area (TPSA) is 34.2 Å². The Labute approximate surface area is 121 Å². The van der Waals surface area contributed by atoms with Crippen molar-refractivity contribution in [2.75, 3.05) is 24.7 Å². The van der Waals surface area contributed by atoms with Gasteiger partial charge in [0.15, 0.2) is 0 Å². The SMILES string of the molecule is CCNC(Cc1cncc(Br)c1)C1CSCCO1. The lowest BCUT2D eigenvalue weighted by Gasteiger charge is -2.30. The molecule has 0 bridgehead atoms. The summed E-state index contributed by atoms with van der Waals surface area (Å²) in [5, 5.41) is 3.54. The molecule has 18 heavy (non-hydrogen) atoms. The standard InChI is InChI=1S/C13H19BrN2OS/c1-2-16-12(13-9-18-4-3-17-13)6-10-5-11(14)8-15-7-10/h5,7-8,12-13,16H,2-4,6,9H2,1H3. The van der Waals surface area contributed by atoms with Gasteiger partial charge in [-0.15, -0.1) is 0 Å². The molecule has 0 aromatic carbocycles. The molecule has 2 heterocycles. The Kier molecular flexibility index (Phi) is 5.95. The Morgan fingerprint density at radius 3 is 3.17 bits per heavy atom. The van der Waals surface area contributed by atoms with Gasteiger partial charge in [0.1, 0.15) is 0 Å². The smallest absolute Gasteiger partial charge is 0.0821 e. The lowest BCUT2D eigenvalue weighted by atomic mass is 10.0. The third-order valence-corrected chi connectivity index (χ3v) is 4.43. The van der Waals surface area contributed by atoms with Crippen LogP contribution in [0.5, 0.6) is 0 Å². The normalized spacial score (nSPS) is 21.8. The first-order valence-corrected chi connectivity index (χ1v) is 8.26. The molecule has 5 heteroatoms. The van der Waals surface area contributed by atoms with Crippen molar-refractivity contribution in [3.8, 4) is 0 Å². The molecule has 0 radical (unpaired) electrons. The molecule has 1 saturated heterocycles. The van der Waals surface area contributed by atoms with Crippen LogP contribution in [0.4, 0.5) is 0 Å². The summed E-state index contributed by atoms with van der Waals surface area (Å²) in [6.07, 6.45) is 5.03. The van der Waals surface area contributed by atoms with Crippen molar-refractivity contribution in [3.63, 3.8) is 0 Å². The van der Waals surface area contributed by atoms with Crippen molar-refractivity contribution in [2.24, 2.45) is 0 Å². The zero-order valence-corrected chi connectivity index (χ0v) is 13.0. The second-order valence-electron chi connectivity index (χ2n) is 4.36. The average Bonchev–Trinajstić information content (AvgIpc) is 2.39. The highest BCUT2D eigenvalue weighted by Crippen LogP contribution is 2.19. The molecule has 0 spiro atoms. The molecule has 2 rings (SSSR count). The summed E-state index contributed by atoms with van der Waals surface area (Å²) < 4.78 is 6.92. The number of halogens is 1. The Hall–Kier alpha value is -0.100. The van der Waals surface area contributed by atoms with Crippen molar-refractivity contribution in [1.29, 1.82) is 0 Å². The van der Waals surface area contributed by atoms with Gasteiger partial charge < -0.3 is 10.1 Å². The number of rotatable bonds is 5. The van der Waals surface area contributed by atoms with E-state index in [-0.39, 0.29) is 0 Å². The van der Waals surface area contributed by atoms with Crippen LogP contribution in [0.15, 0.2) is 22.9 Å². The number of hydrogen-bond donors (Lipinski definition) is 1. The number of pyridine rings is 1. The van der Waals surface area contributed by atoms with E-state index in [0.717, 1.165) is 35.6 Å². The minimum absolute atomic E-state index is 0.308. The van der Waals surface area contributed by atoms with Gasteiger partial charge in [0.25, 0.3) is 0 Å². The van der Waals surface area contributed by atoms with E-state index in [4.69, 9.17) is 4.74 Å². The lowest BCUT2D eigenvalue weighted by molar-refractivity contribution is 0.0476. The first-order valence-electron chi connectivity index (χ1n) is 6.31. The second kappa shape index (κ2) is 7.48. The van der Waals surface area contributed by atoms with E-state index >= 15 is 0 Å². The Morgan fingerprint density at radius 2 is 2.50 bits per heavy atom. The number of hydrogen-bond acceptors (Lipinski definition) is 4. The van der Waals surface area contributed by atoms with E-state index in [1.54, 1.807) is 0 Å². The Morgan fingerprint density at radius 1 is 1.61 bits per heavy atom. The monoisotopic (exact) mass is 330 g/mol. The van der Waals surface area contributed by atoms with E-state index < -0.39 is 0 Å². The van der Waals surface area contributed by atoms with Gasteiger partial charge in [-0.1, -0.05) is 6.92 Å². The van der Waals surface area contributed by atoms with E-state index in [1.165, 1.54) is 5.56 Å². The third kappa shape index (κ3) is 4.23. The molecule has 1 fully saturated rings. The predicted molar refractivity (Wildman–Crippen MR) is 80.2 cm³/mol. The number of aromatic nitrogens is 1. The summed E-state index contributed by atoms with van der Waals surface area (Å²) in [5.74, 6) is 2.20. The molecular formula is C13H19BrN2OS. The van der Waals surface area contributed by atoms with Crippen LogP contribution in [-0.4, -0.2) is 41.8 Å². The molecular weight excluding hydrogens is 312 g/mol. The van der Waals surface area contributed by atoms with Gasteiger partial charge >= 0.3 is 0 Å². The molecule has 1 N–H and O–H groups in total. The maximum absolute atomic E-state index is 5.88. The molecule has 3 nitrogen and oxygen atoms in total. The van der Waals surface area contributed by atoms with Gasteiger partial charge in [0, 0.05) is 34.4 Å². The highest BCUT2D eigenvalue weighted by molar-refractivity contribution is 9.10. The molecule has 1 aromatic heterocycles. The second-order valence-corrected chi connectivity index (χ2v) is 6.43. The van der Waals surface area contributed by atoms with Crippen LogP contribution in [-0.2, 0) is 11.2 Å². The maximum Gasteiger partial charge on any atom is 0.0821 e. The molecule has 0 aliphatic carbocycles. The van der Waals surface area contributed by atoms with Crippen LogP contribution in [0.2, 0.25) is 0 Å². The number of nitrogens with zero attached hydrogens (tertiary/aromatic N) is 1. The van der Waals surface area contributed by atoms with Gasteiger partial charge in [-0.2, -0.15) is 11.8 Å². The molecule has 2 atom stereocenters. The van der Waals surface area contributed by atoms with Gasteiger partial charge in [-0.25, -0.2) is 0 Å². The van der Waals surface area contributed by atoms with Gasteiger partial charge in [-0.3, -0.25) is 4.98 Å². The molecule has 2 unspecified atom stereocenters. The maximum atomic E-state index is 5.88. The van der Waals surface area contributed by atoms with E-state index in [9.17, 15) is 0 Å². The van der Waals surface area contributed by atoms with E-state index in [0.29, 0.717) is 12.1 Å². The van der Waals surface area contributed by atoms with Crippen LogP contribution in [0.1, 0.15) is 12.5 Å². The highest BCUT2D eigenvalue weighted by atomic mass is 79.9. The fourth-order valence-corrected chi connectivity index (χ4v) is 3.51. The van der Waals surface area contributed by atoms with E-state index in [2.05, 4.69) is 39.2 Å². The number of thioether (sulfide) groups is 1. The largest absolute Gasteiger partial charge is 0.375 e. The van der Waals surface area contributed by atoms with Crippen molar-refractivity contribution in [3.05, 3.63) is 28.5 Å². The fraction of sp³-hybridized carbons (Fsp3) is 0.615. The molecule has 1 aromatic rings. The average molecular weight is 331 g/mol. The van der Waals surface area contributed by atoms with Gasteiger partial charge in [0.05, 0.1) is 12.7 Å². The molecule has 100 valence electrons. The minimum atomic E-state index is 0.308. The van der Waals surface area contributed by atoms with Crippen molar-refractivity contribution in [1.82, 2.24) is 10.3 Å². The van der Waals surface area contributed by atoms with Crippen LogP contribution in [0.25, 0.3) is 0 Å². The van der Waals surface area contributed by atoms with Crippen molar-refractivity contribution >= 4 is 27.7 Å². The first-order chi connectivity index (χ1) is 8.79. The number of nitrogens with one attached hydrogen (secondary N) is 1. The van der Waals surface area contributed by atoms with Crippen LogP contribution < -0.4 is 5.32 Å². The lowest BCUT2D eigenvalue weighted by Crippen LogP contribution is -2.46. The number of likely N-dealkylation sites (N-methyl/N-ethyl adjacent to an activating group) is 1. The van der Waals surface area contributed by atoms with E-state index in [1.807, 2.05) is 24.2 Å². The van der Waals surface area contributed by atoms with Crippen molar-refractivity contribution < 1.29 is 4.74 Å². The highest BCUT2D eigenvalue weighted by Gasteiger charge is 2.24. The summed E-state index contributed by atoms with van der Waals surface area (Å²) in [6.45, 7) is 3.98. The Bertz CT molecular complexity index is 372. The van der Waals surface area contributed by atoms with Crippen LogP contribution in [0.3, 0.4) is 0 Å². The summed E-state index contributed by atoms with van der Waals surface area (Å²) in [4.78, 5) is 4.22. The van der Waals surface area contributed by atoms with Gasteiger partial charge in [0.2, 0.25) is 0 Å². The minimum Gasteiger partial charge on any atom is -0.375 e. The first kappa shape index (κ1) is 14.3. The fourth-order valence-electron chi connectivity index (χ4n) is 2.16. The molecule has 0 saturated carbocycles. The van der Waals surface area contributed by atoms with Crippen molar-refractivity contribution in [2.45, 2.75) is 25.5 Å². The zero-order valence-electron chi connectivity index (χ0n) is 10.6. The summed E-state index contributed by atoms with van der Waals surface area (Å²) >= 11 is 5.45. The summed E-state index contributed by atoms with van der Waals surface area (Å²) in [6, 6.07) is 2.51. The third-order valence-electron chi connectivity index (χ3n) is 2.97.